The maximum Gasteiger partial charge on any atom is 0.352 e. The maximum absolute atomic E-state index is 13.6. The Labute approximate surface area is 115 Å². The molecular formula is C14H16F2N2O2. The average molecular weight is 282 g/mol. The van der Waals surface area contributed by atoms with E-state index in [1.54, 1.807) is 6.07 Å². The molecule has 1 aliphatic heterocycles. The third-order valence-corrected chi connectivity index (χ3v) is 3.73. The second kappa shape index (κ2) is 5.01. The van der Waals surface area contributed by atoms with Gasteiger partial charge >= 0.3 is 5.92 Å². The summed E-state index contributed by atoms with van der Waals surface area (Å²) in [4.78, 5) is 11.1. The van der Waals surface area contributed by atoms with Gasteiger partial charge < -0.3 is 15.4 Å². The first-order valence-electron chi connectivity index (χ1n) is 6.76. The van der Waals surface area contributed by atoms with E-state index < -0.39 is 11.8 Å². The van der Waals surface area contributed by atoms with E-state index in [-0.39, 0.29) is 11.3 Å². The molecule has 6 heteroatoms. The molecule has 0 atom stereocenters. The molecule has 108 valence electrons. The van der Waals surface area contributed by atoms with Crippen molar-refractivity contribution in [1.82, 2.24) is 0 Å². The number of halogens is 2. The Morgan fingerprint density at radius 1 is 1.40 bits per heavy atom. The fourth-order valence-electron chi connectivity index (χ4n) is 2.30. The smallest absolute Gasteiger partial charge is 0.352 e. The molecule has 0 spiro atoms. The fourth-order valence-corrected chi connectivity index (χ4v) is 2.30. The van der Waals surface area contributed by atoms with Gasteiger partial charge in [-0.3, -0.25) is 4.79 Å². The molecule has 2 aliphatic rings. The first kappa shape index (κ1) is 13.3. The van der Waals surface area contributed by atoms with Crippen molar-refractivity contribution in [3.05, 3.63) is 23.8 Å². The number of carbonyl (C=O) groups is 1. The molecular weight excluding hydrogens is 266 g/mol. The van der Waals surface area contributed by atoms with Crippen molar-refractivity contribution in [1.29, 1.82) is 0 Å². The lowest BCUT2D eigenvalue weighted by atomic mass is 9.96. The molecule has 1 aromatic rings. The van der Waals surface area contributed by atoms with Gasteiger partial charge in [0.15, 0.2) is 0 Å². The van der Waals surface area contributed by atoms with E-state index in [9.17, 15) is 13.6 Å². The van der Waals surface area contributed by atoms with Gasteiger partial charge in [0.2, 0.25) is 0 Å². The summed E-state index contributed by atoms with van der Waals surface area (Å²) in [6.07, 6.45) is 3.81. The summed E-state index contributed by atoms with van der Waals surface area (Å²) in [7, 11) is 0. The van der Waals surface area contributed by atoms with Crippen LogP contribution in [0, 0.1) is 0 Å². The summed E-state index contributed by atoms with van der Waals surface area (Å²) in [5.41, 5.74) is 0.473. The van der Waals surface area contributed by atoms with E-state index in [0.717, 1.165) is 12.8 Å². The van der Waals surface area contributed by atoms with Gasteiger partial charge in [-0.15, -0.1) is 0 Å². The Morgan fingerprint density at radius 2 is 2.20 bits per heavy atom. The number of nitrogens with one attached hydrogen (secondary N) is 2. The zero-order chi connectivity index (χ0) is 14.2. The summed E-state index contributed by atoms with van der Waals surface area (Å²) in [5.74, 6) is -4.71. The highest BCUT2D eigenvalue weighted by molar-refractivity contribution is 6.04. The van der Waals surface area contributed by atoms with E-state index >= 15 is 0 Å². The number of rotatable bonds is 5. The zero-order valence-corrected chi connectivity index (χ0v) is 10.9. The van der Waals surface area contributed by atoms with Crippen LogP contribution >= 0.6 is 0 Å². The highest BCUT2D eigenvalue weighted by atomic mass is 19.3. The van der Waals surface area contributed by atoms with Crippen LogP contribution in [-0.4, -0.2) is 25.2 Å². The lowest BCUT2D eigenvalue weighted by Gasteiger charge is -2.25. The summed E-state index contributed by atoms with van der Waals surface area (Å²) in [6, 6.07) is 4.48. The average Bonchev–Trinajstić information content (AvgIpc) is 2.58. The van der Waals surface area contributed by atoms with E-state index in [1.807, 2.05) is 0 Å². The minimum absolute atomic E-state index is 0.177. The summed E-state index contributed by atoms with van der Waals surface area (Å²) < 4.78 is 32.8. The van der Waals surface area contributed by atoms with Crippen LogP contribution in [-0.2, 0) is 15.5 Å². The van der Waals surface area contributed by atoms with Gasteiger partial charge in [-0.25, -0.2) is 0 Å². The molecule has 0 radical (unpaired) electrons. The van der Waals surface area contributed by atoms with Crippen LogP contribution in [0.3, 0.4) is 0 Å². The number of carbonyl (C=O) groups excluding carboxylic acids is 1. The van der Waals surface area contributed by atoms with Crippen molar-refractivity contribution in [2.45, 2.75) is 31.3 Å². The lowest BCUT2D eigenvalue weighted by Crippen LogP contribution is -2.24. The third kappa shape index (κ3) is 2.35. The largest absolute Gasteiger partial charge is 0.383 e. The molecule has 0 bridgehead atoms. The van der Waals surface area contributed by atoms with Crippen molar-refractivity contribution in [2.75, 3.05) is 23.8 Å². The molecule has 20 heavy (non-hydrogen) atoms. The Hall–Kier alpha value is -1.69. The topological polar surface area (TPSA) is 50.4 Å². The Kier molecular flexibility index (Phi) is 3.33. The van der Waals surface area contributed by atoms with Gasteiger partial charge in [0.1, 0.15) is 0 Å². The second-order valence-electron chi connectivity index (χ2n) is 5.14. The molecule has 1 fully saturated rings. The van der Waals surface area contributed by atoms with E-state index in [2.05, 4.69) is 10.6 Å². The van der Waals surface area contributed by atoms with Crippen molar-refractivity contribution in [2.24, 2.45) is 0 Å². The molecule has 1 amide bonds. The van der Waals surface area contributed by atoms with Crippen LogP contribution < -0.4 is 10.6 Å². The van der Waals surface area contributed by atoms with Crippen molar-refractivity contribution < 1.29 is 18.3 Å². The number of ether oxygens (including phenoxy) is 1. The molecule has 3 rings (SSSR count). The van der Waals surface area contributed by atoms with Crippen LogP contribution in [0.1, 0.15) is 24.8 Å². The Morgan fingerprint density at radius 3 is 2.90 bits per heavy atom. The quantitative estimate of drug-likeness (QED) is 0.816. The zero-order valence-electron chi connectivity index (χ0n) is 10.9. The molecule has 1 saturated carbocycles. The first-order chi connectivity index (χ1) is 9.57. The predicted molar refractivity (Wildman–Crippen MR) is 71.0 cm³/mol. The maximum atomic E-state index is 13.6. The van der Waals surface area contributed by atoms with Gasteiger partial charge in [-0.1, -0.05) is 0 Å². The Bertz CT molecular complexity index is 530. The van der Waals surface area contributed by atoms with Gasteiger partial charge in [-0.2, -0.15) is 8.78 Å². The van der Waals surface area contributed by atoms with Crippen molar-refractivity contribution in [3.63, 3.8) is 0 Å². The van der Waals surface area contributed by atoms with Crippen LogP contribution in [0.5, 0.6) is 0 Å². The van der Waals surface area contributed by atoms with Crippen molar-refractivity contribution >= 4 is 17.3 Å². The number of hydrogen-bond donors (Lipinski definition) is 2. The summed E-state index contributed by atoms with van der Waals surface area (Å²) in [6.45, 7) is 1.11. The fraction of sp³-hybridized carbons (Fsp3) is 0.500. The summed E-state index contributed by atoms with van der Waals surface area (Å²) >= 11 is 0. The van der Waals surface area contributed by atoms with Gasteiger partial charge in [-0.05, 0) is 37.5 Å². The van der Waals surface area contributed by atoms with E-state index in [1.165, 1.54) is 18.6 Å². The molecule has 2 N–H and O–H groups in total. The molecule has 1 heterocycles. The Balaban J connectivity index is 1.58. The van der Waals surface area contributed by atoms with Gasteiger partial charge in [0, 0.05) is 12.2 Å². The number of anilines is 2. The SMILES string of the molecule is O=C1Nc2ccc(NCCOC3CCC3)cc2C1(F)F. The number of alkyl halides is 2. The molecule has 1 aromatic carbocycles. The molecule has 4 nitrogen and oxygen atoms in total. The number of fused-ring (bicyclic) bond motifs is 1. The van der Waals surface area contributed by atoms with Crippen LogP contribution in [0.15, 0.2) is 18.2 Å². The van der Waals surface area contributed by atoms with Crippen molar-refractivity contribution in [3.8, 4) is 0 Å². The minimum atomic E-state index is -3.45. The van der Waals surface area contributed by atoms with Gasteiger partial charge in [0.05, 0.1) is 24.0 Å². The first-order valence-corrected chi connectivity index (χ1v) is 6.76. The van der Waals surface area contributed by atoms with Crippen LogP contribution in [0.25, 0.3) is 0 Å². The molecule has 0 unspecified atom stereocenters. The molecule has 1 aliphatic carbocycles. The predicted octanol–water partition coefficient (Wildman–Crippen LogP) is 2.71. The molecule has 0 aromatic heterocycles. The number of hydrogen-bond acceptors (Lipinski definition) is 3. The number of benzene rings is 1. The van der Waals surface area contributed by atoms with Gasteiger partial charge in [0.25, 0.3) is 5.91 Å². The second-order valence-corrected chi connectivity index (χ2v) is 5.14. The van der Waals surface area contributed by atoms with E-state index in [4.69, 9.17) is 4.74 Å². The van der Waals surface area contributed by atoms with Crippen LogP contribution in [0.4, 0.5) is 20.2 Å². The summed E-state index contributed by atoms with van der Waals surface area (Å²) in [5, 5.41) is 5.20. The molecule has 0 saturated heterocycles. The normalized spacial score (nSPS) is 20.2. The highest BCUT2D eigenvalue weighted by Crippen LogP contribution is 2.41. The lowest BCUT2D eigenvalue weighted by molar-refractivity contribution is -0.139. The third-order valence-electron chi connectivity index (χ3n) is 3.73. The van der Waals surface area contributed by atoms with Crippen LogP contribution in [0.2, 0.25) is 0 Å². The van der Waals surface area contributed by atoms with E-state index in [0.29, 0.717) is 24.9 Å². The minimum Gasteiger partial charge on any atom is -0.383 e. The monoisotopic (exact) mass is 282 g/mol. The highest BCUT2D eigenvalue weighted by Gasteiger charge is 2.48. The number of amides is 1. The standard InChI is InChI=1S/C14H16F2N2O2/c15-14(16)11-8-9(4-5-12(11)18-13(14)19)17-6-7-20-10-2-1-3-10/h4-5,8,10,17H,1-3,6-7H2,(H,18,19).